The Morgan fingerprint density at radius 2 is 2.24 bits per heavy atom. The molecule has 0 radical (unpaired) electrons. The van der Waals surface area contributed by atoms with Gasteiger partial charge in [0.05, 0.1) is 11.9 Å². The molecule has 1 saturated heterocycles. The maximum atomic E-state index is 12.0. The standard InChI is InChI=1S/C13H17N3O/c1-2-7-14-11-5-6-12(15-10-11)13(17)16-8-3-4-9-16/h2,5-6,10,14H,1,3-4,7-9H2. The van der Waals surface area contributed by atoms with Crippen LogP contribution in [0.3, 0.4) is 0 Å². The van der Waals surface area contributed by atoms with E-state index in [2.05, 4.69) is 16.9 Å². The van der Waals surface area contributed by atoms with Gasteiger partial charge in [0.25, 0.3) is 5.91 Å². The first-order chi connectivity index (χ1) is 8.31. The summed E-state index contributed by atoms with van der Waals surface area (Å²) in [6.45, 7) is 6.04. The maximum Gasteiger partial charge on any atom is 0.272 e. The molecule has 4 heteroatoms. The second kappa shape index (κ2) is 5.48. The number of anilines is 1. The molecule has 1 fully saturated rings. The number of carbonyl (C=O) groups is 1. The summed E-state index contributed by atoms with van der Waals surface area (Å²) in [7, 11) is 0. The van der Waals surface area contributed by atoms with Crippen LogP contribution >= 0.6 is 0 Å². The molecule has 1 amide bonds. The number of carbonyl (C=O) groups excluding carboxylic acids is 1. The summed E-state index contributed by atoms with van der Waals surface area (Å²) in [5.41, 5.74) is 1.43. The first-order valence-corrected chi connectivity index (χ1v) is 5.91. The average Bonchev–Trinajstić information content (AvgIpc) is 2.90. The van der Waals surface area contributed by atoms with Crippen LogP contribution in [-0.2, 0) is 0 Å². The van der Waals surface area contributed by atoms with E-state index in [-0.39, 0.29) is 5.91 Å². The van der Waals surface area contributed by atoms with E-state index in [1.165, 1.54) is 0 Å². The van der Waals surface area contributed by atoms with Gasteiger partial charge in [-0.15, -0.1) is 6.58 Å². The van der Waals surface area contributed by atoms with Crippen LogP contribution in [0.15, 0.2) is 31.0 Å². The van der Waals surface area contributed by atoms with Gasteiger partial charge in [0.15, 0.2) is 0 Å². The van der Waals surface area contributed by atoms with Crippen molar-refractivity contribution in [2.45, 2.75) is 12.8 Å². The molecule has 1 aromatic heterocycles. The number of amides is 1. The predicted octanol–water partition coefficient (Wildman–Crippen LogP) is 1.92. The van der Waals surface area contributed by atoms with Gasteiger partial charge in [-0.2, -0.15) is 0 Å². The second-order valence-corrected chi connectivity index (χ2v) is 4.10. The summed E-state index contributed by atoms with van der Waals surface area (Å²) >= 11 is 0. The fourth-order valence-electron chi connectivity index (χ4n) is 1.90. The van der Waals surface area contributed by atoms with Gasteiger partial charge >= 0.3 is 0 Å². The van der Waals surface area contributed by atoms with Crippen molar-refractivity contribution in [3.05, 3.63) is 36.7 Å². The topological polar surface area (TPSA) is 45.2 Å². The number of hydrogen-bond acceptors (Lipinski definition) is 3. The number of nitrogens with zero attached hydrogens (tertiary/aromatic N) is 2. The molecule has 0 saturated carbocycles. The Morgan fingerprint density at radius 3 is 2.82 bits per heavy atom. The molecule has 2 rings (SSSR count). The maximum absolute atomic E-state index is 12.0. The number of likely N-dealkylation sites (tertiary alicyclic amines) is 1. The van der Waals surface area contributed by atoms with Gasteiger partial charge in [-0.1, -0.05) is 6.08 Å². The lowest BCUT2D eigenvalue weighted by Crippen LogP contribution is -2.28. The summed E-state index contributed by atoms with van der Waals surface area (Å²) < 4.78 is 0. The van der Waals surface area contributed by atoms with E-state index in [0.29, 0.717) is 12.2 Å². The highest BCUT2D eigenvalue weighted by atomic mass is 16.2. The number of rotatable bonds is 4. The van der Waals surface area contributed by atoms with Crippen LogP contribution in [0.25, 0.3) is 0 Å². The van der Waals surface area contributed by atoms with E-state index in [1.807, 2.05) is 11.0 Å². The van der Waals surface area contributed by atoms with Gasteiger partial charge in [-0.3, -0.25) is 4.79 Å². The van der Waals surface area contributed by atoms with Gasteiger partial charge in [0.2, 0.25) is 0 Å². The molecule has 0 bridgehead atoms. The molecule has 0 unspecified atom stereocenters. The van der Waals surface area contributed by atoms with E-state index in [4.69, 9.17) is 0 Å². The zero-order valence-electron chi connectivity index (χ0n) is 9.85. The molecule has 1 aromatic rings. The third kappa shape index (κ3) is 2.84. The molecule has 0 spiro atoms. The van der Waals surface area contributed by atoms with Crippen LogP contribution in [0.4, 0.5) is 5.69 Å². The zero-order chi connectivity index (χ0) is 12.1. The Morgan fingerprint density at radius 1 is 1.47 bits per heavy atom. The average molecular weight is 231 g/mol. The van der Waals surface area contributed by atoms with Crippen LogP contribution in [0.5, 0.6) is 0 Å². The van der Waals surface area contributed by atoms with Gasteiger partial charge in [-0.25, -0.2) is 4.98 Å². The first kappa shape index (κ1) is 11.6. The highest BCUT2D eigenvalue weighted by molar-refractivity contribution is 5.92. The second-order valence-electron chi connectivity index (χ2n) is 4.10. The highest BCUT2D eigenvalue weighted by Crippen LogP contribution is 2.13. The largest absolute Gasteiger partial charge is 0.380 e. The van der Waals surface area contributed by atoms with Crippen LogP contribution in [0.2, 0.25) is 0 Å². The molecule has 2 heterocycles. The predicted molar refractivity (Wildman–Crippen MR) is 68.1 cm³/mol. The fourth-order valence-corrected chi connectivity index (χ4v) is 1.90. The number of aromatic nitrogens is 1. The molecule has 0 aliphatic carbocycles. The summed E-state index contributed by atoms with van der Waals surface area (Å²) in [5.74, 6) is 0.0396. The molecule has 1 aliphatic heterocycles. The first-order valence-electron chi connectivity index (χ1n) is 5.91. The summed E-state index contributed by atoms with van der Waals surface area (Å²) in [5, 5.41) is 3.12. The Balaban J connectivity index is 2.01. The Bertz CT molecular complexity index is 394. The van der Waals surface area contributed by atoms with Gasteiger partial charge < -0.3 is 10.2 Å². The van der Waals surface area contributed by atoms with E-state index >= 15 is 0 Å². The minimum atomic E-state index is 0.0396. The molecular formula is C13H17N3O. The van der Waals surface area contributed by atoms with Crippen molar-refractivity contribution in [3.8, 4) is 0 Å². The zero-order valence-corrected chi connectivity index (χ0v) is 9.85. The van der Waals surface area contributed by atoms with Gasteiger partial charge in [0, 0.05) is 19.6 Å². The number of pyridine rings is 1. The van der Waals surface area contributed by atoms with Crippen LogP contribution in [-0.4, -0.2) is 35.4 Å². The lowest BCUT2D eigenvalue weighted by atomic mass is 10.3. The molecule has 0 atom stereocenters. The number of hydrogen-bond donors (Lipinski definition) is 1. The Hall–Kier alpha value is -1.84. The third-order valence-electron chi connectivity index (χ3n) is 2.83. The van der Waals surface area contributed by atoms with E-state index in [0.717, 1.165) is 31.6 Å². The molecule has 17 heavy (non-hydrogen) atoms. The summed E-state index contributed by atoms with van der Waals surface area (Å²) in [6, 6.07) is 3.64. The normalized spacial score (nSPS) is 14.7. The molecule has 90 valence electrons. The van der Waals surface area contributed by atoms with Gasteiger partial charge in [-0.05, 0) is 25.0 Å². The van der Waals surface area contributed by atoms with Crippen LogP contribution < -0.4 is 5.32 Å². The smallest absolute Gasteiger partial charge is 0.272 e. The van der Waals surface area contributed by atoms with Crippen molar-refractivity contribution in [3.63, 3.8) is 0 Å². The van der Waals surface area contributed by atoms with Crippen molar-refractivity contribution in [2.24, 2.45) is 0 Å². The molecule has 0 aromatic carbocycles. The molecule has 1 N–H and O–H groups in total. The minimum absolute atomic E-state index is 0.0396. The quantitative estimate of drug-likeness (QED) is 0.805. The molecule has 1 aliphatic rings. The summed E-state index contributed by atoms with van der Waals surface area (Å²) in [4.78, 5) is 18.0. The lowest BCUT2D eigenvalue weighted by Gasteiger charge is -2.14. The van der Waals surface area contributed by atoms with Gasteiger partial charge in [0.1, 0.15) is 5.69 Å². The van der Waals surface area contributed by atoms with Crippen molar-refractivity contribution in [2.75, 3.05) is 25.0 Å². The van der Waals surface area contributed by atoms with E-state index in [9.17, 15) is 4.79 Å². The van der Waals surface area contributed by atoms with E-state index in [1.54, 1.807) is 18.3 Å². The third-order valence-corrected chi connectivity index (χ3v) is 2.83. The van der Waals surface area contributed by atoms with Crippen LogP contribution in [0.1, 0.15) is 23.3 Å². The van der Waals surface area contributed by atoms with Crippen molar-refractivity contribution < 1.29 is 4.79 Å². The van der Waals surface area contributed by atoms with Crippen LogP contribution in [0, 0.1) is 0 Å². The van der Waals surface area contributed by atoms with Crippen molar-refractivity contribution in [1.82, 2.24) is 9.88 Å². The highest BCUT2D eigenvalue weighted by Gasteiger charge is 2.20. The Labute approximate surface area is 101 Å². The Kier molecular flexibility index (Phi) is 3.75. The number of nitrogens with one attached hydrogen (secondary N) is 1. The molecular weight excluding hydrogens is 214 g/mol. The van der Waals surface area contributed by atoms with E-state index < -0.39 is 0 Å². The minimum Gasteiger partial charge on any atom is -0.380 e. The molecule has 4 nitrogen and oxygen atoms in total. The van der Waals surface area contributed by atoms with Crippen molar-refractivity contribution >= 4 is 11.6 Å². The summed E-state index contributed by atoms with van der Waals surface area (Å²) in [6.07, 6.45) is 5.67. The lowest BCUT2D eigenvalue weighted by molar-refractivity contribution is 0.0787. The fraction of sp³-hybridized carbons (Fsp3) is 0.385. The van der Waals surface area contributed by atoms with Crippen molar-refractivity contribution in [1.29, 1.82) is 0 Å². The SMILES string of the molecule is C=CCNc1ccc(C(=O)N2CCCC2)nc1. The monoisotopic (exact) mass is 231 g/mol.